The van der Waals surface area contributed by atoms with Gasteiger partial charge in [0.15, 0.2) is 11.6 Å². The first-order valence-electron chi connectivity index (χ1n) is 12.3. The van der Waals surface area contributed by atoms with E-state index in [9.17, 15) is 4.79 Å². The van der Waals surface area contributed by atoms with Gasteiger partial charge in [0, 0.05) is 13.0 Å². The molecule has 0 amide bonds. The van der Waals surface area contributed by atoms with E-state index in [4.69, 9.17) is 14.2 Å². The summed E-state index contributed by atoms with van der Waals surface area (Å²) < 4.78 is 17.1. The van der Waals surface area contributed by atoms with E-state index in [2.05, 4.69) is 72.8 Å². The Bertz CT molecular complexity index is 1020. The van der Waals surface area contributed by atoms with Crippen molar-refractivity contribution in [3.8, 4) is 0 Å². The van der Waals surface area contributed by atoms with Gasteiger partial charge in [-0.25, -0.2) is 0 Å². The van der Waals surface area contributed by atoms with Gasteiger partial charge in [0.1, 0.15) is 6.10 Å². The van der Waals surface area contributed by atoms with Gasteiger partial charge in [-0.1, -0.05) is 91.0 Å². The average molecular weight is 491 g/mol. The molecule has 184 valence electrons. The van der Waals surface area contributed by atoms with Crippen molar-refractivity contribution in [1.29, 1.82) is 0 Å². The molecule has 5 heteroatoms. The number of carbonyl (C=O) groups excluding carboxylic acids is 1. The van der Waals surface area contributed by atoms with Crippen molar-refractivity contribution in [2.75, 3.05) is 19.8 Å². The summed E-state index contributed by atoms with van der Waals surface area (Å²) in [5.41, 5.74) is 0. The molecule has 35 heavy (non-hydrogen) atoms. The van der Waals surface area contributed by atoms with Crippen LogP contribution in [0, 0.1) is 0 Å². The molecule has 3 aromatic rings. The van der Waals surface area contributed by atoms with E-state index in [-0.39, 0.29) is 11.9 Å². The van der Waals surface area contributed by atoms with Crippen molar-refractivity contribution in [2.45, 2.75) is 45.0 Å². The number of Topliss-reactive ketones (excluding diaryl/α,β-unsaturated/α-hetero) is 1. The highest BCUT2D eigenvalue weighted by Crippen LogP contribution is 2.43. The Hall–Kier alpha value is -2.49. The summed E-state index contributed by atoms with van der Waals surface area (Å²) in [5.74, 6) is 1.69. The number of rotatable bonds is 11. The molecule has 0 saturated carbocycles. The lowest BCUT2D eigenvalue weighted by molar-refractivity contribution is -0.145. The maximum absolute atomic E-state index is 13.4. The molecule has 1 atom stereocenters. The van der Waals surface area contributed by atoms with Gasteiger partial charge < -0.3 is 14.2 Å². The molecular formula is C30H35O4P. The molecule has 0 aliphatic carbocycles. The van der Waals surface area contributed by atoms with Gasteiger partial charge in [-0.15, -0.1) is 0 Å². The third kappa shape index (κ3) is 6.59. The number of ketones is 1. The zero-order valence-electron chi connectivity index (χ0n) is 20.6. The summed E-state index contributed by atoms with van der Waals surface area (Å²) in [6, 6.07) is 31.4. The highest BCUT2D eigenvalue weighted by molar-refractivity contribution is 7.95. The van der Waals surface area contributed by atoms with Gasteiger partial charge in [0.25, 0.3) is 0 Å². The Labute approximate surface area is 209 Å². The van der Waals surface area contributed by atoms with Gasteiger partial charge in [-0.2, -0.15) is 0 Å². The molecule has 0 bridgehead atoms. The Morgan fingerprint density at radius 1 is 0.886 bits per heavy atom. The minimum absolute atomic E-state index is 0.0204. The zero-order valence-corrected chi connectivity index (χ0v) is 21.5. The second kappa shape index (κ2) is 12.0. The third-order valence-corrected chi connectivity index (χ3v) is 10.2. The average Bonchev–Trinajstić information content (AvgIpc) is 3.24. The van der Waals surface area contributed by atoms with Gasteiger partial charge in [-0.3, -0.25) is 4.79 Å². The lowest BCUT2D eigenvalue weighted by Gasteiger charge is -2.28. The van der Waals surface area contributed by atoms with Crippen molar-refractivity contribution in [3.63, 3.8) is 0 Å². The van der Waals surface area contributed by atoms with Crippen molar-refractivity contribution in [1.82, 2.24) is 0 Å². The third-order valence-electron chi connectivity index (χ3n) is 6.16. The number of unbranched alkanes of at least 4 members (excludes halogenated alkanes) is 1. The quantitative estimate of drug-likeness (QED) is 0.289. The molecule has 0 N–H and O–H groups in total. The maximum atomic E-state index is 13.4. The number of ether oxygens (including phenoxy) is 3. The van der Waals surface area contributed by atoms with Gasteiger partial charge in [0.2, 0.25) is 0 Å². The van der Waals surface area contributed by atoms with E-state index in [0.717, 1.165) is 12.8 Å². The standard InChI is InChI=1S/C30H35O4P/c1-30(2)33-23-26(34-30)22-32-21-13-12-14-25(31)24-35(27-15-6-3-7-16-27,28-17-8-4-9-18-28)29-19-10-5-11-20-29/h3-11,15-20,24,26H,12-14,21-23H2,1-2H3/t26-/m0/s1. The topological polar surface area (TPSA) is 44.8 Å². The summed E-state index contributed by atoms with van der Waals surface area (Å²) in [6.45, 7) is 3.29. The van der Waals surface area contributed by atoms with Crippen LogP contribution in [0.1, 0.15) is 33.1 Å². The molecule has 0 aromatic heterocycles. The van der Waals surface area contributed by atoms with Gasteiger partial charge in [-0.05, 0) is 55.3 Å². The molecule has 1 heterocycles. The van der Waals surface area contributed by atoms with E-state index in [1.165, 1.54) is 15.9 Å². The molecule has 1 fully saturated rings. The van der Waals surface area contributed by atoms with Crippen LogP contribution in [0.5, 0.6) is 0 Å². The lowest BCUT2D eigenvalue weighted by Crippen LogP contribution is -2.28. The SMILES string of the molecule is CC1(C)OC[C@H](COCCCCC(=O)C=P(c2ccccc2)(c2ccccc2)c2ccccc2)O1. The monoisotopic (exact) mass is 490 g/mol. The zero-order chi connectivity index (χ0) is 24.6. The number of hydrogen-bond acceptors (Lipinski definition) is 4. The van der Waals surface area contributed by atoms with Crippen LogP contribution in [0.4, 0.5) is 0 Å². The first-order chi connectivity index (χ1) is 17.0. The molecule has 1 aliphatic heterocycles. The highest BCUT2D eigenvalue weighted by Gasteiger charge is 2.32. The molecule has 1 aliphatic rings. The fourth-order valence-corrected chi connectivity index (χ4v) is 8.33. The summed E-state index contributed by atoms with van der Waals surface area (Å²) in [4.78, 5) is 13.4. The first kappa shape index (κ1) is 25.6. The lowest BCUT2D eigenvalue weighted by atomic mass is 10.2. The van der Waals surface area contributed by atoms with Gasteiger partial charge in [0.05, 0.1) is 13.2 Å². The second-order valence-electron chi connectivity index (χ2n) is 9.31. The fraction of sp³-hybridized carbons (Fsp3) is 0.333. The minimum atomic E-state index is -2.23. The smallest absolute Gasteiger partial charge is 0.163 e. The van der Waals surface area contributed by atoms with Crippen LogP contribution in [0.3, 0.4) is 0 Å². The molecule has 4 nitrogen and oxygen atoms in total. The first-order valence-corrected chi connectivity index (χ1v) is 14.2. The number of carbonyl (C=O) groups is 1. The van der Waals surface area contributed by atoms with Crippen LogP contribution in [-0.4, -0.2) is 43.3 Å². The van der Waals surface area contributed by atoms with Gasteiger partial charge >= 0.3 is 0 Å². The summed E-state index contributed by atoms with van der Waals surface area (Å²) in [7, 11) is 0. The highest BCUT2D eigenvalue weighted by atomic mass is 31.2. The Kier molecular flexibility index (Phi) is 8.75. The largest absolute Gasteiger partial charge is 0.379 e. The second-order valence-corrected chi connectivity index (χ2v) is 12.6. The van der Waals surface area contributed by atoms with Crippen LogP contribution in [0.2, 0.25) is 0 Å². The van der Waals surface area contributed by atoms with Crippen molar-refractivity contribution >= 4 is 34.4 Å². The maximum Gasteiger partial charge on any atom is 0.163 e. The molecule has 0 spiro atoms. The fourth-order valence-electron chi connectivity index (χ4n) is 4.50. The van der Waals surface area contributed by atoms with Crippen molar-refractivity contribution in [2.24, 2.45) is 0 Å². The summed E-state index contributed by atoms with van der Waals surface area (Å²) in [6.07, 6.45) is 2.12. The Morgan fingerprint density at radius 2 is 1.40 bits per heavy atom. The molecule has 0 unspecified atom stereocenters. The molecule has 0 radical (unpaired) electrons. The van der Waals surface area contributed by atoms with E-state index in [1.54, 1.807) is 0 Å². The van der Waals surface area contributed by atoms with E-state index < -0.39 is 12.7 Å². The molecular weight excluding hydrogens is 455 g/mol. The van der Waals surface area contributed by atoms with Crippen LogP contribution in [0.15, 0.2) is 91.0 Å². The van der Waals surface area contributed by atoms with Crippen LogP contribution in [0.25, 0.3) is 0 Å². The molecule has 1 saturated heterocycles. The van der Waals surface area contributed by atoms with Crippen molar-refractivity contribution < 1.29 is 19.0 Å². The number of hydrogen-bond donors (Lipinski definition) is 0. The predicted molar refractivity (Wildman–Crippen MR) is 146 cm³/mol. The summed E-state index contributed by atoms with van der Waals surface area (Å²) >= 11 is 0. The van der Waals surface area contributed by atoms with Crippen LogP contribution >= 0.6 is 6.89 Å². The molecule has 4 rings (SSSR count). The normalized spacial score (nSPS) is 17.3. The summed E-state index contributed by atoms with van der Waals surface area (Å²) in [5, 5.41) is 3.57. The predicted octanol–water partition coefficient (Wildman–Crippen LogP) is 4.69. The van der Waals surface area contributed by atoms with Crippen molar-refractivity contribution in [3.05, 3.63) is 91.0 Å². The molecule has 3 aromatic carbocycles. The van der Waals surface area contributed by atoms with E-state index in [0.29, 0.717) is 26.2 Å². The Balaban J connectivity index is 1.48. The minimum Gasteiger partial charge on any atom is -0.379 e. The Morgan fingerprint density at radius 3 is 1.86 bits per heavy atom. The van der Waals surface area contributed by atoms with Crippen LogP contribution < -0.4 is 15.9 Å². The number of benzene rings is 3. The van der Waals surface area contributed by atoms with E-state index in [1.807, 2.05) is 37.8 Å². The van der Waals surface area contributed by atoms with E-state index >= 15 is 0 Å². The van der Waals surface area contributed by atoms with Crippen LogP contribution in [-0.2, 0) is 19.0 Å².